The van der Waals surface area contributed by atoms with Crippen LogP contribution < -0.4 is 4.90 Å². The summed E-state index contributed by atoms with van der Waals surface area (Å²) < 4.78 is 26.8. The standard InChI is InChI=1S/C22H22ClN5O2S/c23-18-5-3-16(4-6-18)20-14-21(26-22(25-20)17-2-1-9-24-15-17)27-10-12-28(13-11-27)31(29,30)19-7-8-19/h1-6,9,14-15,19H,7-8,10-13H2. The zero-order valence-electron chi connectivity index (χ0n) is 16.9. The zero-order valence-corrected chi connectivity index (χ0v) is 18.4. The quantitative estimate of drug-likeness (QED) is 0.586. The Morgan fingerprint density at radius 2 is 1.68 bits per heavy atom. The van der Waals surface area contributed by atoms with Gasteiger partial charge in [0.2, 0.25) is 10.0 Å². The van der Waals surface area contributed by atoms with Gasteiger partial charge in [-0.05, 0) is 37.1 Å². The monoisotopic (exact) mass is 455 g/mol. The minimum Gasteiger partial charge on any atom is -0.354 e. The van der Waals surface area contributed by atoms with Gasteiger partial charge in [-0.25, -0.2) is 18.4 Å². The number of halogens is 1. The highest BCUT2D eigenvalue weighted by Gasteiger charge is 2.41. The molecule has 0 amide bonds. The first kappa shape index (κ1) is 20.4. The average molecular weight is 456 g/mol. The van der Waals surface area contributed by atoms with Crippen LogP contribution in [-0.4, -0.2) is 59.1 Å². The molecule has 2 aromatic heterocycles. The third kappa shape index (κ3) is 4.28. The third-order valence-corrected chi connectivity index (χ3v) is 8.29. The molecule has 9 heteroatoms. The van der Waals surface area contributed by atoms with E-state index < -0.39 is 10.0 Å². The molecule has 31 heavy (non-hydrogen) atoms. The van der Waals surface area contributed by atoms with Crippen molar-refractivity contribution in [3.63, 3.8) is 0 Å². The lowest BCUT2D eigenvalue weighted by Crippen LogP contribution is -2.49. The Morgan fingerprint density at radius 3 is 2.32 bits per heavy atom. The van der Waals surface area contributed by atoms with Crippen molar-refractivity contribution in [3.05, 3.63) is 59.9 Å². The van der Waals surface area contributed by atoms with Crippen molar-refractivity contribution in [2.45, 2.75) is 18.1 Å². The maximum Gasteiger partial charge on any atom is 0.217 e. The number of rotatable bonds is 5. The van der Waals surface area contributed by atoms with Crippen LogP contribution >= 0.6 is 11.6 Å². The van der Waals surface area contributed by atoms with Crippen LogP contribution in [-0.2, 0) is 10.0 Å². The lowest BCUT2D eigenvalue weighted by atomic mass is 10.1. The van der Waals surface area contributed by atoms with Crippen molar-refractivity contribution >= 4 is 27.4 Å². The van der Waals surface area contributed by atoms with Gasteiger partial charge in [0, 0.05) is 60.8 Å². The number of aromatic nitrogens is 3. The van der Waals surface area contributed by atoms with Gasteiger partial charge in [-0.1, -0.05) is 23.7 Å². The third-order valence-electron chi connectivity index (χ3n) is 5.64. The summed E-state index contributed by atoms with van der Waals surface area (Å²) in [6.45, 7) is 2.13. The highest BCUT2D eigenvalue weighted by atomic mass is 35.5. The molecule has 0 bridgehead atoms. The molecule has 0 spiro atoms. The Hall–Kier alpha value is -2.55. The van der Waals surface area contributed by atoms with E-state index in [1.165, 1.54) is 0 Å². The molecule has 5 rings (SSSR count). The molecular weight excluding hydrogens is 434 g/mol. The Labute approximate surface area is 186 Å². The van der Waals surface area contributed by atoms with Crippen LogP contribution in [0.25, 0.3) is 22.6 Å². The van der Waals surface area contributed by atoms with E-state index in [1.54, 1.807) is 16.7 Å². The molecule has 7 nitrogen and oxygen atoms in total. The summed E-state index contributed by atoms with van der Waals surface area (Å²) in [6.07, 6.45) is 5.03. The number of anilines is 1. The van der Waals surface area contributed by atoms with Crippen LogP contribution in [0.1, 0.15) is 12.8 Å². The molecule has 0 N–H and O–H groups in total. The van der Waals surface area contributed by atoms with E-state index in [0.717, 1.165) is 35.5 Å². The molecule has 2 fully saturated rings. The van der Waals surface area contributed by atoms with Crippen LogP contribution in [0.2, 0.25) is 5.02 Å². The summed E-state index contributed by atoms with van der Waals surface area (Å²) in [5.74, 6) is 1.37. The summed E-state index contributed by atoms with van der Waals surface area (Å²) in [5, 5.41) is 0.491. The lowest BCUT2D eigenvalue weighted by molar-refractivity contribution is 0.383. The second-order valence-corrected chi connectivity index (χ2v) is 10.5. The first-order valence-electron chi connectivity index (χ1n) is 10.3. The summed E-state index contributed by atoms with van der Waals surface area (Å²) in [7, 11) is -3.15. The first-order valence-corrected chi connectivity index (χ1v) is 12.2. The van der Waals surface area contributed by atoms with Gasteiger partial charge < -0.3 is 4.90 Å². The van der Waals surface area contributed by atoms with E-state index in [2.05, 4.69) is 9.88 Å². The van der Waals surface area contributed by atoms with E-state index in [-0.39, 0.29) is 5.25 Å². The van der Waals surface area contributed by atoms with Gasteiger partial charge >= 0.3 is 0 Å². The van der Waals surface area contributed by atoms with Crippen molar-refractivity contribution < 1.29 is 8.42 Å². The maximum absolute atomic E-state index is 12.6. The van der Waals surface area contributed by atoms with Crippen LogP contribution in [0.5, 0.6) is 0 Å². The highest BCUT2D eigenvalue weighted by Crippen LogP contribution is 2.32. The van der Waals surface area contributed by atoms with Gasteiger partial charge in [0.1, 0.15) is 5.82 Å². The molecule has 160 valence electrons. The van der Waals surface area contributed by atoms with Gasteiger partial charge in [-0.3, -0.25) is 4.98 Å². The van der Waals surface area contributed by atoms with Gasteiger partial charge in [0.25, 0.3) is 0 Å². The summed E-state index contributed by atoms with van der Waals surface area (Å²) in [4.78, 5) is 15.9. The van der Waals surface area contributed by atoms with E-state index in [4.69, 9.17) is 21.6 Å². The van der Waals surface area contributed by atoms with Gasteiger partial charge in [-0.15, -0.1) is 0 Å². The normalized spacial score (nSPS) is 17.6. The fourth-order valence-corrected chi connectivity index (χ4v) is 5.69. The molecule has 0 unspecified atom stereocenters. The minimum absolute atomic E-state index is 0.174. The number of hydrogen-bond donors (Lipinski definition) is 0. The number of benzene rings is 1. The molecule has 1 aliphatic heterocycles. The van der Waals surface area contributed by atoms with Crippen LogP contribution in [0.15, 0.2) is 54.9 Å². The molecule has 1 saturated heterocycles. The Balaban J connectivity index is 1.46. The van der Waals surface area contributed by atoms with E-state index >= 15 is 0 Å². The molecule has 3 heterocycles. The van der Waals surface area contributed by atoms with Gasteiger partial charge in [0.15, 0.2) is 5.82 Å². The minimum atomic E-state index is -3.15. The summed E-state index contributed by atoms with van der Waals surface area (Å²) in [5.41, 5.74) is 2.55. The number of sulfonamides is 1. The second kappa shape index (κ2) is 8.18. The Morgan fingerprint density at radius 1 is 0.935 bits per heavy atom. The van der Waals surface area contributed by atoms with E-state index in [0.29, 0.717) is 37.0 Å². The maximum atomic E-state index is 12.6. The van der Waals surface area contributed by atoms with Crippen molar-refractivity contribution in [1.29, 1.82) is 0 Å². The van der Waals surface area contributed by atoms with E-state index in [9.17, 15) is 8.42 Å². The summed E-state index contributed by atoms with van der Waals surface area (Å²) >= 11 is 6.05. The highest BCUT2D eigenvalue weighted by molar-refractivity contribution is 7.90. The molecule has 3 aromatic rings. The first-order chi connectivity index (χ1) is 15.0. The zero-order chi connectivity index (χ0) is 21.4. The number of piperazine rings is 1. The molecule has 1 saturated carbocycles. The largest absolute Gasteiger partial charge is 0.354 e. The second-order valence-electron chi connectivity index (χ2n) is 7.81. The molecule has 2 aliphatic rings. The van der Waals surface area contributed by atoms with Gasteiger partial charge in [0.05, 0.1) is 10.9 Å². The Kier molecular flexibility index (Phi) is 5.37. The lowest BCUT2D eigenvalue weighted by Gasteiger charge is -2.35. The molecule has 1 aromatic carbocycles. The molecule has 0 atom stereocenters. The topological polar surface area (TPSA) is 79.3 Å². The predicted octanol–water partition coefficient (Wildman–Crippen LogP) is 3.47. The smallest absolute Gasteiger partial charge is 0.217 e. The number of nitrogens with zero attached hydrogens (tertiary/aromatic N) is 5. The van der Waals surface area contributed by atoms with Gasteiger partial charge in [-0.2, -0.15) is 4.31 Å². The fourth-order valence-electron chi connectivity index (χ4n) is 3.74. The molecule has 1 aliphatic carbocycles. The van der Waals surface area contributed by atoms with Crippen molar-refractivity contribution in [2.24, 2.45) is 0 Å². The van der Waals surface area contributed by atoms with Crippen molar-refractivity contribution in [1.82, 2.24) is 19.3 Å². The fraction of sp³-hybridized carbons (Fsp3) is 0.318. The number of pyridine rings is 1. The van der Waals surface area contributed by atoms with Crippen molar-refractivity contribution in [3.8, 4) is 22.6 Å². The van der Waals surface area contributed by atoms with Crippen LogP contribution in [0.4, 0.5) is 5.82 Å². The molecular formula is C22H22ClN5O2S. The molecule has 0 radical (unpaired) electrons. The average Bonchev–Trinajstić information content (AvgIpc) is 3.66. The van der Waals surface area contributed by atoms with Crippen LogP contribution in [0, 0.1) is 0 Å². The van der Waals surface area contributed by atoms with Crippen LogP contribution in [0.3, 0.4) is 0 Å². The number of hydrogen-bond acceptors (Lipinski definition) is 6. The van der Waals surface area contributed by atoms with E-state index in [1.807, 2.05) is 42.5 Å². The summed E-state index contributed by atoms with van der Waals surface area (Å²) in [6, 6.07) is 13.3. The predicted molar refractivity (Wildman–Crippen MR) is 121 cm³/mol. The van der Waals surface area contributed by atoms with Crippen molar-refractivity contribution in [2.75, 3.05) is 31.1 Å². The Bertz CT molecular complexity index is 1180. The SMILES string of the molecule is O=S(=O)(C1CC1)N1CCN(c2cc(-c3ccc(Cl)cc3)nc(-c3cccnc3)n2)CC1.